The van der Waals surface area contributed by atoms with Crippen LogP contribution in [0.3, 0.4) is 0 Å². The lowest BCUT2D eigenvalue weighted by atomic mass is 10.1. The maximum Gasteiger partial charge on any atom is 0.409 e. The van der Waals surface area contributed by atoms with E-state index in [0.29, 0.717) is 44.1 Å². The third-order valence-electron chi connectivity index (χ3n) is 4.01. The predicted octanol–water partition coefficient (Wildman–Crippen LogP) is 3.28. The second kappa shape index (κ2) is 7.92. The largest absolute Gasteiger partial charge is 0.473 e. The van der Waals surface area contributed by atoms with Crippen molar-refractivity contribution in [3.05, 3.63) is 42.5 Å². The number of halogens is 1. The summed E-state index contributed by atoms with van der Waals surface area (Å²) in [6.45, 7) is 3.35. The Balaban J connectivity index is 1.60. The van der Waals surface area contributed by atoms with Gasteiger partial charge < -0.3 is 14.4 Å². The van der Waals surface area contributed by atoms with Crippen LogP contribution in [0.2, 0.25) is 0 Å². The van der Waals surface area contributed by atoms with Crippen molar-refractivity contribution in [3.8, 4) is 17.1 Å². The Bertz CT molecular complexity index is 716. The highest BCUT2D eigenvalue weighted by atomic mass is 19.1. The third kappa shape index (κ3) is 4.43. The molecule has 3 rings (SSSR count). The monoisotopic (exact) mass is 345 g/mol. The van der Waals surface area contributed by atoms with Crippen molar-refractivity contribution in [3.63, 3.8) is 0 Å². The van der Waals surface area contributed by atoms with Crippen LogP contribution in [-0.2, 0) is 4.74 Å². The Morgan fingerprint density at radius 1 is 1.24 bits per heavy atom. The summed E-state index contributed by atoms with van der Waals surface area (Å²) in [5.41, 5.74) is 1.40. The molecule has 0 saturated carbocycles. The molecule has 1 aliphatic rings. The fourth-order valence-electron chi connectivity index (χ4n) is 2.71. The van der Waals surface area contributed by atoms with Gasteiger partial charge in [0.1, 0.15) is 11.9 Å². The van der Waals surface area contributed by atoms with Crippen molar-refractivity contribution in [1.82, 2.24) is 14.9 Å². The lowest BCUT2D eigenvalue weighted by Crippen LogP contribution is -2.42. The van der Waals surface area contributed by atoms with Crippen LogP contribution in [-0.4, -0.2) is 46.8 Å². The summed E-state index contributed by atoms with van der Waals surface area (Å²) in [4.78, 5) is 22.0. The third-order valence-corrected chi connectivity index (χ3v) is 4.01. The molecular formula is C18H20FN3O3. The van der Waals surface area contributed by atoms with Crippen molar-refractivity contribution in [1.29, 1.82) is 0 Å². The summed E-state index contributed by atoms with van der Waals surface area (Å²) >= 11 is 0. The molecule has 1 aliphatic heterocycles. The number of hydrogen-bond acceptors (Lipinski definition) is 5. The first-order valence-electron chi connectivity index (χ1n) is 8.32. The van der Waals surface area contributed by atoms with Gasteiger partial charge in [0.05, 0.1) is 24.7 Å². The molecule has 25 heavy (non-hydrogen) atoms. The summed E-state index contributed by atoms with van der Waals surface area (Å²) in [6, 6.07) is 6.08. The average molecular weight is 345 g/mol. The van der Waals surface area contributed by atoms with Gasteiger partial charge in [-0.2, -0.15) is 0 Å². The van der Waals surface area contributed by atoms with Crippen molar-refractivity contribution in [2.24, 2.45) is 0 Å². The van der Waals surface area contributed by atoms with Crippen LogP contribution in [0.1, 0.15) is 19.8 Å². The highest BCUT2D eigenvalue weighted by Crippen LogP contribution is 2.21. The number of nitrogens with zero attached hydrogens (tertiary/aromatic N) is 3. The highest BCUT2D eigenvalue weighted by Gasteiger charge is 2.25. The first-order valence-corrected chi connectivity index (χ1v) is 8.32. The Hall–Kier alpha value is -2.70. The molecule has 0 N–H and O–H groups in total. The summed E-state index contributed by atoms with van der Waals surface area (Å²) in [7, 11) is 0. The van der Waals surface area contributed by atoms with Crippen LogP contribution in [0.4, 0.5) is 9.18 Å². The van der Waals surface area contributed by atoms with Gasteiger partial charge in [0.15, 0.2) is 0 Å². The lowest BCUT2D eigenvalue weighted by Gasteiger charge is -2.31. The number of benzene rings is 1. The molecule has 1 fully saturated rings. The summed E-state index contributed by atoms with van der Waals surface area (Å²) in [5.74, 6) is 0.133. The molecule has 1 aromatic carbocycles. The number of aromatic nitrogens is 2. The number of carbonyl (C=O) groups excluding carboxylic acids is 1. The van der Waals surface area contributed by atoms with Gasteiger partial charge in [0, 0.05) is 31.5 Å². The standard InChI is InChI=1S/C18H20FN3O3/c1-2-24-18(23)22-9-7-15(8-10-22)25-17-12-20-11-16(21-17)13-3-5-14(19)6-4-13/h3-6,11-12,15H,2,7-10H2,1H3. The van der Waals surface area contributed by atoms with Gasteiger partial charge in [-0.3, -0.25) is 4.98 Å². The van der Waals surface area contributed by atoms with E-state index in [1.54, 1.807) is 36.4 Å². The van der Waals surface area contributed by atoms with E-state index in [4.69, 9.17) is 9.47 Å². The van der Waals surface area contributed by atoms with Gasteiger partial charge in [-0.25, -0.2) is 14.2 Å². The van der Waals surface area contributed by atoms with Gasteiger partial charge >= 0.3 is 6.09 Å². The molecule has 1 saturated heterocycles. The van der Waals surface area contributed by atoms with E-state index >= 15 is 0 Å². The second-order valence-electron chi connectivity index (χ2n) is 5.75. The minimum absolute atomic E-state index is 0.0246. The van der Waals surface area contributed by atoms with E-state index in [9.17, 15) is 9.18 Å². The van der Waals surface area contributed by atoms with E-state index in [0.717, 1.165) is 5.56 Å². The molecule has 0 atom stereocenters. The molecule has 0 aliphatic carbocycles. The quantitative estimate of drug-likeness (QED) is 0.851. The van der Waals surface area contributed by atoms with Gasteiger partial charge in [0.25, 0.3) is 0 Å². The van der Waals surface area contributed by atoms with Gasteiger partial charge in [0.2, 0.25) is 5.88 Å². The number of amides is 1. The van der Waals surface area contributed by atoms with Crippen molar-refractivity contribution in [2.75, 3.05) is 19.7 Å². The molecule has 2 aromatic rings. The highest BCUT2D eigenvalue weighted by molar-refractivity contribution is 5.67. The van der Waals surface area contributed by atoms with E-state index in [-0.39, 0.29) is 18.0 Å². The number of likely N-dealkylation sites (tertiary alicyclic amines) is 1. The molecule has 0 bridgehead atoms. The zero-order valence-electron chi connectivity index (χ0n) is 14.0. The minimum Gasteiger partial charge on any atom is -0.473 e. The SMILES string of the molecule is CCOC(=O)N1CCC(Oc2cncc(-c3ccc(F)cc3)n2)CC1. The molecular weight excluding hydrogens is 325 g/mol. The number of ether oxygens (including phenoxy) is 2. The molecule has 7 heteroatoms. The van der Waals surface area contributed by atoms with Crippen LogP contribution >= 0.6 is 0 Å². The maximum absolute atomic E-state index is 13.0. The van der Waals surface area contributed by atoms with E-state index in [2.05, 4.69) is 9.97 Å². The normalized spacial score (nSPS) is 15.0. The lowest BCUT2D eigenvalue weighted by molar-refractivity contribution is 0.0687. The number of rotatable bonds is 4. The molecule has 0 spiro atoms. The van der Waals surface area contributed by atoms with E-state index in [1.165, 1.54) is 12.1 Å². The first kappa shape index (κ1) is 17.1. The molecule has 1 aromatic heterocycles. The maximum atomic E-state index is 13.0. The predicted molar refractivity (Wildman–Crippen MR) is 89.7 cm³/mol. The summed E-state index contributed by atoms with van der Waals surface area (Å²) in [6.07, 6.45) is 4.29. The Kier molecular flexibility index (Phi) is 5.42. The molecule has 0 radical (unpaired) electrons. The fraction of sp³-hybridized carbons (Fsp3) is 0.389. The topological polar surface area (TPSA) is 64.5 Å². The average Bonchev–Trinajstić information content (AvgIpc) is 2.63. The molecule has 1 amide bonds. The minimum atomic E-state index is -0.294. The van der Waals surface area contributed by atoms with Crippen LogP contribution in [0.25, 0.3) is 11.3 Å². The second-order valence-corrected chi connectivity index (χ2v) is 5.75. The van der Waals surface area contributed by atoms with E-state index < -0.39 is 0 Å². The molecule has 2 heterocycles. The van der Waals surface area contributed by atoms with Crippen LogP contribution < -0.4 is 4.74 Å². The summed E-state index contributed by atoms with van der Waals surface area (Å²) in [5, 5.41) is 0. The van der Waals surface area contributed by atoms with Crippen molar-refractivity contribution in [2.45, 2.75) is 25.9 Å². The molecule has 0 unspecified atom stereocenters. The van der Waals surface area contributed by atoms with Gasteiger partial charge in [-0.1, -0.05) is 0 Å². The van der Waals surface area contributed by atoms with Crippen LogP contribution in [0.15, 0.2) is 36.7 Å². The number of piperidine rings is 1. The molecule has 132 valence electrons. The van der Waals surface area contributed by atoms with Gasteiger partial charge in [-0.15, -0.1) is 0 Å². The zero-order chi connectivity index (χ0) is 17.6. The smallest absolute Gasteiger partial charge is 0.409 e. The fourth-order valence-corrected chi connectivity index (χ4v) is 2.71. The van der Waals surface area contributed by atoms with Crippen LogP contribution in [0, 0.1) is 5.82 Å². The number of hydrogen-bond donors (Lipinski definition) is 0. The van der Waals surface area contributed by atoms with Crippen molar-refractivity contribution < 1.29 is 18.7 Å². The Morgan fingerprint density at radius 3 is 2.64 bits per heavy atom. The van der Waals surface area contributed by atoms with Crippen molar-refractivity contribution >= 4 is 6.09 Å². The Morgan fingerprint density at radius 2 is 1.96 bits per heavy atom. The zero-order valence-corrected chi connectivity index (χ0v) is 14.0. The van der Waals surface area contributed by atoms with Gasteiger partial charge in [-0.05, 0) is 31.2 Å². The Labute approximate surface area is 145 Å². The molecule has 6 nitrogen and oxygen atoms in total. The summed E-state index contributed by atoms with van der Waals surface area (Å²) < 4.78 is 23.9. The van der Waals surface area contributed by atoms with E-state index in [1.807, 2.05) is 0 Å². The van der Waals surface area contributed by atoms with Crippen LogP contribution in [0.5, 0.6) is 5.88 Å². The first-order chi connectivity index (χ1) is 12.2. The number of carbonyl (C=O) groups is 1.